The van der Waals surface area contributed by atoms with E-state index in [4.69, 9.17) is 23.2 Å². The van der Waals surface area contributed by atoms with E-state index in [2.05, 4.69) is 23.5 Å². The average Bonchev–Trinajstić information content (AvgIpc) is 2.85. The van der Waals surface area contributed by atoms with Crippen LogP contribution in [0.25, 0.3) is 10.9 Å². The number of carbonyl (C=O) groups excluding carboxylic acids is 1. The minimum absolute atomic E-state index is 0. The average molecular weight is 393 g/mol. The number of amides is 1. The Morgan fingerprint density at radius 1 is 1.22 bits per heavy atom. The van der Waals surface area contributed by atoms with Gasteiger partial charge in [-0.15, -0.1) is 12.4 Å². The zero-order valence-electron chi connectivity index (χ0n) is 13.1. The molecule has 1 saturated heterocycles. The normalized spacial score (nSPS) is 17.7. The number of hydrogen-bond acceptors (Lipinski definition) is 2. The fraction of sp³-hybridized carbons (Fsp3) is 0.400. The van der Waals surface area contributed by atoms with Crippen molar-refractivity contribution >= 4 is 60.5 Å². The van der Waals surface area contributed by atoms with Gasteiger partial charge in [0.15, 0.2) is 0 Å². The summed E-state index contributed by atoms with van der Waals surface area (Å²) in [4.78, 5) is 15.5. The third-order valence-corrected chi connectivity index (χ3v) is 7.96. The van der Waals surface area contributed by atoms with Gasteiger partial charge in [-0.2, -0.15) is 0 Å². The van der Waals surface area contributed by atoms with Gasteiger partial charge in [0, 0.05) is 37.1 Å². The van der Waals surface area contributed by atoms with Crippen molar-refractivity contribution in [3.8, 4) is 0 Å². The van der Waals surface area contributed by atoms with E-state index >= 15 is 0 Å². The molecular weight excluding hydrogens is 373 g/mol. The fourth-order valence-corrected chi connectivity index (χ4v) is 5.26. The van der Waals surface area contributed by atoms with Crippen molar-refractivity contribution in [2.75, 3.05) is 13.1 Å². The molecule has 0 spiro atoms. The highest BCUT2D eigenvalue weighted by Gasteiger charge is 2.28. The SMILES string of the molecule is C[Si]1(C)CCN(NC(=O)c2cc3c(Cl)cc(Cl)cc3[nH]2)CC1.Cl. The van der Waals surface area contributed by atoms with Gasteiger partial charge in [0.1, 0.15) is 5.69 Å². The molecule has 1 aliphatic rings. The Labute approximate surface area is 152 Å². The number of nitrogens with zero attached hydrogens (tertiary/aromatic N) is 1. The molecule has 0 unspecified atom stereocenters. The van der Waals surface area contributed by atoms with E-state index in [1.807, 2.05) is 5.01 Å². The smallest absolute Gasteiger partial charge is 0.282 e. The summed E-state index contributed by atoms with van der Waals surface area (Å²) in [6, 6.07) is 7.64. The van der Waals surface area contributed by atoms with Crippen molar-refractivity contribution in [1.29, 1.82) is 0 Å². The Bertz CT molecular complexity index is 722. The molecule has 1 amide bonds. The number of rotatable bonds is 2. The number of carbonyl (C=O) groups is 1. The fourth-order valence-electron chi connectivity index (χ4n) is 2.71. The van der Waals surface area contributed by atoms with Crippen molar-refractivity contribution in [3.05, 3.63) is 33.9 Å². The van der Waals surface area contributed by atoms with Crippen LogP contribution in [-0.4, -0.2) is 37.1 Å². The van der Waals surface area contributed by atoms with Crippen molar-refractivity contribution in [2.45, 2.75) is 25.2 Å². The van der Waals surface area contributed by atoms with Gasteiger partial charge in [-0.1, -0.05) is 36.3 Å². The highest BCUT2D eigenvalue weighted by Crippen LogP contribution is 2.28. The third kappa shape index (κ3) is 4.22. The van der Waals surface area contributed by atoms with E-state index in [1.54, 1.807) is 18.2 Å². The minimum atomic E-state index is -1.04. The largest absolute Gasteiger partial charge is 0.350 e. The number of fused-ring (bicyclic) bond motifs is 1. The summed E-state index contributed by atoms with van der Waals surface area (Å²) in [5, 5.41) is 3.92. The predicted octanol–water partition coefficient (Wildman–Crippen LogP) is 4.57. The van der Waals surface area contributed by atoms with Crippen molar-refractivity contribution in [3.63, 3.8) is 0 Å². The summed E-state index contributed by atoms with van der Waals surface area (Å²) in [6.07, 6.45) is 0. The zero-order valence-corrected chi connectivity index (χ0v) is 16.4. The van der Waals surface area contributed by atoms with Crippen LogP contribution in [0.5, 0.6) is 0 Å². The van der Waals surface area contributed by atoms with E-state index < -0.39 is 8.07 Å². The first-order chi connectivity index (χ1) is 10.3. The molecule has 23 heavy (non-hydrogen) atoms. The van der Waals surface area contributed by atoms with E-state index in [0.29, 0.717) is 15.7 Å². The van der Waals surface area contributed by atoms with E-state index in [9.17, 15) is 4.79 Å². The second-order valence-electron chi connectivity index (χ2n) is 6.62. The van der Waals surface area contributed by atoms with Gasteiger partial charge in [-0.3, -0.25) is 10.2 Å². The maximum absolute atomic E-state index is 12.4. The number of benzene rings is 1. The van der Waals surface area contributed by atoms with Gasteiger partial charge in [0.25, 0.3) is 5.91 Å². The van der Waals surface area contributed by atoms with Gasteiger partial charge in [-0.05, 0) is 30.3 Å². The van der Waals surface area contributed by atoms with Crippen LogP contribution in [-0.2, 0) is 0 Å². The van der Waals surface area contributed by atoms with Crippen LogP contribution < -0.4 is 5.43 Å². The van der Waals surface area contributed by atoms with Gasteiger partial charge < -0.3 is 4.98 Å². The summed E-state index contributed by atoms with van der Waals surface area (Å²) in [5.41, 5.74) is 4.25. The Morgan fingerprint density at radius 2 is 1.87 bits per heavy atom. The first-order valence-corrected chi connectivity index (χ1v) is 11.5. The number of H-pyrrole nitrogens is 1. The molecule has 4 nitrogen and oxygen atoms in total. The summed E-state index contributed by atoms with van der Waals surface area (Å²) < 4.78 is 0. The van der Waals surface area contributed by atoms with Crippen molar-refractivity contribution in [2.24, 2.45) is 0 Å². The van der Waals surface area contributed by atoms with Crippen LogP contribution in [0.3, 0.4) is 0 Å². The quantitative estimate of drug-likeness (QED) is 0.736. The molecule has 0 atom stereocenters. The van der Waals surface area contributed by atoms with E-state index in [-0.39, 0.29) is 18.3 Å². The Kier molecular flexibility index (Phi) is 5.69. The molecule has 0 aliphatic carbocycles. The molecule has 0 saturated carbocycles. The highest BCUT2D eigenvalue weighted by atomic mass is 35.5. The molecule has 1 aromatic carbocycles. The lowest BCUT2D eigenvalue weighted by molar-refractivity contribution is 0.0793. The second kappa shape index (κ2) is 7.03. The molecule has 0 bridgehead atoms. The molecule has 126 valence electrons. The first kappa shape index (κ1) is 18.6. The summed E-state index contributed by atoms with van der Waals surface area (Å²) in [7, 11) is -1.04. The third-order valence-electron chi connectivity index (χ3n) is 4.27. The molecule has 2 heterocycles. The zero-order chi connectivity index (χ0) is 15.9. The maximum atomic E-state index is 12.4. The molecule has 2 aromatic rings. The van der Waals surface area contributed by atoms with Crippen molar-refractivity contribution < 1.29 is 4.79 Å². The monoisotopic (exact) mass is 391 g/mol. The number of aromatic nitrogens is 1. The number of hydrazine groups is 1. The lowest BCUT2D eigenvalue weighted by atomic mass is 10.2. The topological polar surface area (TPSA) is 48.1 Å². The number of halogens is 3. The number of aromatic amines is 1. The number of nitrogens with one attached hydrogen (secondary N) is 2. The summed E-state index contributed by atoms with van der Waals surface area (Å²) in [6.45, 7) is 6.65. The van der Waals surface area contributed by atoms with Crippen LogP contribution in [0.1, 0.15) is 10.5 Å². The molecule has 8 heteroatoms. The molecule has 0 radical (unpaired) electrons. The highest BCUT2D eigenvalue weighted by molar-refractivity contribution is 6.77. The Hall–Kier alpha value is -0.723. The minimum Gasteiger partial charge on any atom is -0.350 e. The molecule has 1 aromatic heterocycles. The van der Waals surface area contributed by atoms with Gasteiger partial charge in [-0.25, -0.2) is 5.01 Å². The molecule has 3 rings (SSSR count). The van der Waals surface area contributed by atoms with Gasteiger partial charge in [0.2, 0.25) is 0 Å². The van der Waals surface area contributed by atoms with Crippen LogP contribution in [0.2, 0.25) is 35.2 Å². The van der Waals surface area contributed by atoms with Crippen LogP contribution in [0.15, 0.2) is 18.2 Å². The molecule has 1 fully saturated rings. The van der Waals surface area contributed by atoms with Crippen LogP contribution >= 0.6 is 35.6 Å². The van der Waals surface area contributed by atoms with Crippen LogP contribution in [0.4, 0.5) is 0 Å². The summed E-state index contributed by atoms with van der Waals surface area (Å²) in [5.74, 6) is -0.134. The second-order valence-corrected chi connectivity index (χ2v) is 12.8. The van der Waals surface area contributed by atoms with Crippen molar-refractivity contribution in [1.82, 2.24) is 15.4 Å². The van der Waals surface area contributed by atoms with Gasteiger partial charge in [0.05, 0.1) is 5.02 Å². The standard InChI is InChI=1S/C15H19Cl2N3OSi.ClH/c1-22(2)5-3-20(4-6-22)19-15(21)14-9-11-12(17)7-10(16)8-13(11)18-14;/h7-9,18H,3-6H2,1-2H3,(H,19,21);1H. The van der Waals surface area contributed by atoms with Gasteiger partial charge >= 0.3 is 0 Å². The molecule has 2 N–H and O–H groups in total. The lowest BCUT2D eigenvalue weighted by Gasteiger charge is -2.35. The lowest BCUT2D eigenvalue weighted by Crippen LogP contribution is -2.50. The first-order valence-electron chi connectivity index (χ1n) is 7.38. The van der Waals surface area contributed by atoms with E-state index in [0.717, 1.165) is 24.0 Å². The number of hydrogen-bond donors (Lipinski definition) is 2. The Morgan fingerprint density at radius 3 is 2.52 bits per heavy atom. The predicted molar refractivity (Wildman–Crippen MR) is 102 cm³/mol. The van der Waals surface area contributed by atoms with Crippen LogP contribution in [0, 0.1) is 0 Å². The Balaban J connectivity index is 0.00000192. The molecule has 1 aliphatic heterocycles. The molecular formula is C15H20Cl3N3OSi. The van der Waals surface area contributed by atoms with E-state index in [1.165, 1.54) is 12.1 Å². The maximum Gasteiger partial charge on any atom is 0.282 e. The summed E-state index contributed by atoms with van der Waals surface area (Å²) >= 11 is 12.1.